The van der Waals surface area contributed by atoms with Crippen molar-refractivity contribution < 1.29 is 27.1 Å². The zero-order chi connectivity index (χ0) is 20.5. The maximum Gasteiger partial charge on any atom is 0.416 e. The van der Waals surface area contributed by atoms with Gasteiger partial charge in [0.15, 0.2) is 23.7 Å². The first-order chi connectivity index (χ1) is 13.9. The summed E-state index contributed by atoms with van der Waals surface area (Å²) in [5.41, 5.74) is 0.198. The third-order valence-corrected chi connectivity index (χ3v) is 5.55. The fourth-order valence-electron chi connectivity index (χ4n) is 4.00. The van der Waals surface area contributed by atoms with Crippen LogP contribution in [0, 0.1) is 29.2 Å². The molecule has 0 spiro atoms. The SMILES string of the molecule is O=C(O[C@@H]1CC2CCN1CC2)N(Cc1cc(F)c(F)c(F)c1)c1cccc(F)c1. The Morgan fingerprint density at radius 1 is 1.07 bits per heavy atom. The van der Waals surface area contributed by atoms with E-state index in [1.54, 1.807) is 0 Å². The Kier molecular flexibility index (Phi) is 5.45. The van der Waals surface area contributed by atoms with Gasteiger partial charge in [-0.15, -0.1) is 0 Å². The number of anilines is 1. The number of benzene rings is 2. The van der Waals surface area contributed by atoms with E-state index < -0.39 is 29.4 Å². The van der Waals surface area contributed by atoms with Crippen LogP contribution in [0.5, 0.6) is 0 Å². The van der Waals surface area contributed by atoms with E-state index in [9.17, 15) is 22.4 Å². The Morgan fingerprint density at radius 3 is 2.34 bits per heavy atom. The highest BCUT2D eigenvalue weighted by molar-refractivity contribution is 5.87. The van der Waals surface area contributed by atoms with E-state index in [4.69, 9.17) is 4.74 Å². The molecule has 0 saturated carbocycles. The quantitative estimate of drug-likeness (QED) is 0.537. The second kappa shape index (κ2) is 8.02. The Labute approximate surface area is 165 Å². The van der Waals surface area contributed by atoms with Crippen LogP contribution in [0.3, 0.4) is 0 Å². The number of rotatable bonds is 4. The van der Waals surface area contributed by atoms with E-state index in [2.05, 4.69) is 4.90 Å². The van der Waals surface area contributed by atoms with Crippen LogP contribution >= 0.6 is 0 Å². The van der Waals surface area contributed by atoms with Crippen molar-refractivity contribution in [3.05, 3.63) is 65.2 Å². The van der Waals surface area contributed by atoms with Crippen molar-refractivity contribution in [2.24, 2.45) is 5.92 Å². The summed E-state index contributed by atoms with van der Waals surface area (Å²) in [5.74, 6) is -4.37. The van der Waals surface area contributed by atoms with Crippen LogP contribution in [-0.2, 0) is 11.3 Å². The molecule has 3 aliphatic heterocycles. The zero-order valence-electron chi connectivity index (χ0n) is 15.6. The molecule has 0 radical (unpaired) electrons. The number of fused-ring (bicyclic) bond motifs is 3. The first kappa shape index (κ1) is 19.7. The van der Waals surface area contributed by atoms with Crippen LogP contribution in [0.2, 0.25) is 0 Å². The van der Waals surface area contributed by atoms with Gasteiger partial charge in [0.2, 0.25) is 0 Å². The summed E-state index contributed by atoms with van der Waals surface area (Å²) < 4.78 is 59.9. The number of piperidine rings is 3. The molecule has 3 saturated heterocycles. The highest BCUT2D eigenvalue weighted by Gasteiger charge is 2.36. The van der Waals surface area contributed by atoms with Crippen molar-refractivity contribution in [1.29, 1.82) is 0 Å². The molecule has 5 rings (SSSR count). The van der Waals surface area contributed by atoms with E-state index in [1.807, 2.05) is 0 Å². The van der Waals surface area contributed by atoms with Crippen molar-refractivity contribution in [3.8, 4) is 0 Å². The second-order valence-corrected chi connectivity index (χ2v) is 7.49. The van der Waals surface area contributed by atoms with Gasteiger partial charge < -0.3 is 4.74 Å². The van der Waals surface area contributed by atoms with Gasteiger partial charge in [0.1, 0.15) is 5.82 Å². The van der Waals surface area contributed by atoms with Gasteiger partial charge in [-0.05, 0) is 54.7 Å². The third-order valence-electron chi connectivity index (χ3n) is 5.55. The van der Waals surface area contributed by atoms with Gasteiger partial charge in [0.05, 0.1) is 12.2 Å². The Morgan fingerprint density at radius 2 is 1.76 bits per heavy atom. The van der Waals surface area contributed by atoms with Crippen molar-refractivity contribution in [3.63, 3.8) is 0 Å². The number of amides is 1. The molecule has 29 heavy (non-hydrogen) atoms. The largest absolute Gasteiger partial charge is 0.430 e. The molecule has 0 aliphatic carbocycles. The van der Waals surface area contributed by atoms with E-state index >= 15 is 0 Å². The molecule has 3 fully saturated rings. The molecule has 4 nitrogen and oxygen atoms in total. The van der Waals surface area contributed by atoms with Crippen molar-refractivity contribution in [2.45, 2.75) is 32.0 Å². The maximum atomic E-state index is 13.7. The normalized spacial score (nSPS) is 23.1. The lowest BCUT2D eigenvalue weighted by Crippen LogP contribution is -2.51. The summed E-state index contributed by atoms with van der Waals surface area (Å²) in [6.07, 6.45) is 1.72. The first-order valence-electron chi connectivity index (χ1n) is 9.52. The lowest BCUT2D eigenvalue weighted by Gasteiger charge is -2.44. The van der Waals surface area contributed by atoms with E-state index in [-0.39, 0.29) is 24.0 Å². The summed E-state index contributed by atoms with van der Waals surface area (Å²) in [7, 11) is 0. The lowest BCUT2D eigenvalue weighted by atomic mass is 9.87. The third kappa shape index (κ3) is 4.22. The van der Waals surface area contributed by atoms with Gasteiger partial charge in [-0.2, -0.15) is 0 Å². The smallest absolute Gasteiger partial charge is 0.416 e. The molecule has 8 heteroatoms. The predicted molar refractivity (Wildman–Crippen MR) is 98.1 cm³/mol. The highest BCUT2D eigenvalue weighted by Crippen LogP contribution is 2.33. The fraction of sp³-hybridized carbons (Fsp3) is 0.381. The molecule has 154 valence electrons. The van der Waals surface area contributed by atoms with Crippen LogP contribution in [0.1, 0.15) is 24.8 Å². The highest BCUT2D eigenvalue weighted by atomic mass is 19.2. The molecule has 2 aromatic rings. The molecule has 0 unspecified atom stereocenters. The fourth-order valence-corrected chi connectivity index (χ4v) is 4.00. The minimum absolute atomic E-state index is 0.0214. The number of halogens is 4. The maximum absolute atomic E-state index is 13.7. The number of carbonyl (C=O) groups is 1. The molecule has 0 N–H and O–H groups in total. The molecular weight excluding hydrogens is 388 g/mol. The molecular formula is C21H20F4N2O2. The van der Waals surface area contributed by atoms with Crippen LogP contribution < -0.4 is 4.90 Å². The summed E-state index contributed by atoms with van der Waals surface area (Å²) in [6.45, 7) is 1.39. The van der Waals surface area contributed by atoms with E-state index in [0.717, 1.165) is 55.5 Å². The van der Waals surface area contributed by atoms with Crippen LogP contribution in [-0.4, -0.2) is 30.3 Å². The van der Waals surface area contributed by atoms with E-state index in [1.165, 1.54) is 18.2 Å². The minimum Gasteiger partial charge on any atom is -0.430 e. The van der Waals surface area contributed by atoms with Gasteiger partial charge in [-0.3, -0.25) is 9.80 Å². The average molecular weight is 408 g/mol. The number of nitrogens with zero attached hydrogens (tertiary/aromatic N) is 2. The van der Waals surface area contributed by atoms with Crippen molar-refractivity contribution >= 4 is 11.8 Å². The van der Waals surface area contributed by atoms with Crippen LogP contribution in [0.15, 0.2) is 36.4 Å². The topological polar surface area (TPSA) is 32.8 Å². The summed E-state index contributed by atoms with van der Waals surface area (Å²) in [4.78, 5) is 16.1. The van der Waals surface area contributed by atoms with Crippen LogP contribution in [0.4, 0.5) is 28.0 Å². The summed E-state index contributed by atoms with van der Waals surface area (Å²) in [5, 5.41) is 0. The molecule has 0 aromatic heterocycles. The minimum atomic E-state index is -1.58. The zero-order valence-corrected chi connectivity index (χ0v) is 15.6. The van der Waals surface area contributed by atoms with Gasteiger partial charge in [0.25, 0.3) is 0 Å². The number of ether oxygens (including phenoxy) is 1. The van der Waals surface area contributed by atoms with Gasteiger partial charge in [0, 0.05) is 19.5 Å². The second-order valence-electron chi connectivity index (χ2n) is 7.49. The first-order valence-corrected chi connectivity index (χ1v) is 9.52. The summed E-state index contributed by atoms with van der Waals surface area (Å²) >= 11 is 0. The standard InChI is InChI=1S/C21H20F4N2O2/c22-15-2-1-3-16(11-15)27(12-14-8-17(23)20(25)18(24)9-14)21(28)29-19-10-13-4-6-26(19)7-5-13/h1-3,8-9,11,13,19H,4-7,10,12H2/t19-/m1/s1. The summed E-state index contributed by atoms with van der Waals surface area (Å²) in [6, 6.07) is 6.88. The van der Waals surface area contributed by atoms with Crippen molar-refractivity contribution in [2.75, 3.05) is 18.0 Å². The molecule has 1 amide bonds. The van der Waals surface area contributed by atoms with Gasteiger partial charge in [-0.1, -0.05) is 6.07 Å². The van der Waals surface area contributed by atoms with Crippen molar-refractivity contribution in [1.82, 2.24) is 4.90 Å². The average Bonchev–Trinajstić information content (AvgIpc) is 2.71. The predicted octanol–water partition coefficient (Wildman–Crippen LogP) is 4.83. The van der Waals surface area contributed by atoms with E-state index in [0.29, 0.717) is 5.92 Å². The Hall–Kier alpha value is -2.61. The van der Waals surface area contributed by atoms with Crippen LogP contribution in [0.25, 0.3) is 0 Å². The Bertz CT molecular complexity index is 892. The van der Waals surface area contributed by atoms with Gasteiger partial charge >= 0.3 is 6.09 Å². The number of hydrogen-bond acceptors (Lipinski definition) is 3. The monoisotopic (exact) mass is 408 g/mol. The number of hydrogen-bond donors (Lipinski definition) is 0. The lowest BCUT2D eigenvalue weighted by molar-refractivity contribution is -0.0813. The molecule has 3 aliphatic rings. The Balaban J connectivity index is 1.59. The number of carbonyl (C=O) groups excluding carboxylic acids is 1. The molecule has 3 heterocycles. The molecule has 2 aromatic carbocycles. The molecule has 2 bridgehead atoms. The van der Waals surface area contributed by atoms with Gasteiger partial charge in [-0.25, -0.2) is 22.4 Å². The molecule has 1 atom stereocenters.